The third kappa shape index (κ3) is 2.54. The Kier molecular flexibility index (Phi) is 3.69. The van der Waals surface area contributed by atoms with E-state index in [1.807, 2.05) is 31.2 Å². The van der Waals surface area contributed by atoms with Gasteiger partial charge in [-0.05, 0) is 31.9 Å². The van der Waals surface area contributed by atoms with Crippen LogP contribution in [0.2, 0.25) is 0 Å². The molecule has 1 fully saturated rings. The van der Waals surface area contributed by atoms with E-state index in [1.54, 1.807) is 0 Å². The summed E-state index contributed by atoms with van der Waals surface area (Å²) in [5, 5.41) is 9.62. The van der Waals surface area contributed by atoms with Gasteiger partial charge in [0.05, 0.1) is 23.7 Å². The highest BCUT2D eigenvalue weighted by Gasteiger charge is 2.22. The van der Waals surface area contributed by atoms with Crippen LogP contribution in [0, 0.1) is 0 Å². The molecule has 2 aromatic rings. The lowest BCUT2D eigenvalue weighted by molar-refractivity contribution is 0.145. The highest BCUT2D eigenvalue weighted by Crippen LogP contribution is 2.29. The molecule has 2 heterocycles. The molecule has 0 unspecified atom stereocenters. The molecule has 5 heteroatoms. The number of aromatic nitrogens is 2. The van der Waals surface area contributed by atoms with E-state index in [2.05, 4.69) is 9.88 Å². The molecule has 0 atom stereocenters. The average Bonchev–Trinajstić information content (AvgIpc) is 2.48. The number of hydrogen-bond donors (Lipinski definition) is 1. The maximum absolute atomic E-state index is 9.62. The van der Waals surface area contributed by atoms with E-state index in [4.69, 9.17) is 9.72 Å². The van der Waals surface area contributed by atoms with Crippen LogP contribution in [0.3, 0.4) is 0 Å². The number of hydrogen-bond acceptors (Lipinski definition) is 5. The third-order valence-corrected chi connectivity index (χ3v) is 3.57. The summed E-state index contributed by atoms with van der Waals surface area (Å²) >= 11 is 0. The van der Waals surface area contributed by atoms with E-state index >= 15 is 0 Å². The molecule has 0 spiro atoms. The molecule has 3 rings (SSSR count). The third-order valence-electron chi connectivity index (χ3n) is 3.57. The first-order chi connectivity index (χ1) is 9.78. The van der Waals surface area contributed by atoms with Crippen molar-refractivity contribution in [2.45, 2.75) is 25.9 Å². The van der Waals surface area contributed by atoms with Crippen LogP contribution in [0.5, 0.6) is 5.88 Å². The first kappa shape index (κ1) is 13.1. The molecule has 5 nitrogen and oxygen atoms in total. The van der Waals surface area contributed by atoms with E-state index in [0.29, 0.717) is 12.5 Å². The number of aliphatic hydroxyl groups is 1. The van der Waals surface area contributed by atoms with Crippen molar-refractivity contribution in [1.29, 1.82) is 0 Å². The Hall–Kier alpha value is -1.88. The van der Waals surface area contributed by atoms with Gasteiger partial charge in [-0.25, -0.2) is 9.97 Å². The Morgan fingerprint density at radius 2 is 1.85 bits per heavy atom. The monoisotopic (exact) mass is 273 g/mol. The second kappa shape index (κ2) is 5.63. The lowest BCUT2D eigenvalue weighted by atomic mass is 10.1. The van der Waals surface area contributed by atoms with Crippen LogP contribution in [0.15, 0.2) is 24.3 Å². The highest BCUT2D eigenvalue weighted by atomic mass is 16.5. The Labute approximate surface area is 118 Å². The number of nitrogens with zero attached hydrogens (tertiary/aromatic N) is 3. The quantitative estimate of drug-likeness (QED) is 0.926. The topological polar surface area (TPSA) is 58.5 Å². The maximum atomic E-state index is 9.62. The number of para-hydroxylation sites is 2. The summed E-state index contributed by atoms with van der Waals surface area (Å²) in [6.45, 7) is 4.08. The van der Waals surface area contributed by atoms with Gasteiger partial charge in [-0.1, -0.05) is 12.1 Å². The summed E-state index contributed by atoms with van der Waals surface area (Å²) in [4.78, 5) is 11.4. The van der Waals surface area contributed by atoms with Gasteiger partial charge in [-0.3, -0.25) is 0 Å². The molecule has 20 heavy (non-hydrogen) atoms. The number of aliphatic hydroxyl groups excluding tert-OH is 1. The predicted molar refractivity (Wildman–Crippen MR) is 78.2 cm³/mol. The molecule has 0 amide bonds. The van der Waals surface area contributed by atoms with Crippen molar-refractivity contribution >= 4 is 16.9 Å². The summed E-state index contributed by atoms with van der Waals surface area (Å²) in [6, 6.07) is 7.81. The van der Waals surface area contributed by atoms with Crippen LogP contribution >= 0.6 is 0 Å². The molecule has 106 valence electrons. The number of anilines is 1. The lowest BCUT2D eigenvalue weighted by Gasteiger charge is -2.31. The number of rotatable bonds is 3. The Bertz CT molecular complexity index is 595. The molecule has 1 aromatic carbocycles. The normalized spacial score (nSPS) is 16.6. The zero-order chi connectivity index (χ0) is 13.9. The minimum atomic E-state index is -0.199. The fourth-order valence-electron chi connectivity index (χ4n) is 2.49. The maximum Gasteiger partial charge on any atom is 0.258 e. The molecular formula is C15H19N3O2. The van der Waals surface area contributed by atoms with Gasteiger partial charge in [0.1, 0.15) is 0 Å². The van der Waals surface area contributed by atoms with E-state index < -0.39 is 0 Å². The Morgan fingerprint density at radius 1 is 1.20 bits per heavy atom. The predicted octanol–water partition coefficient (Wildman–Crippen LogP) is 1.99. The summed E-state index contributed by atoms with van der Waals surface area (Å²) in [5.41, 5.74) is 1.72. The fraction of sp³-hybridized carbons (Fsp3) is 0.467. The highest BCUT2D eigenvalue weighted by molar-refractivity contribution is 5.77. The van der Waals surface area contributed by atoms with Gasteiger partial charge in [0.2, 0.25) is 0 Å². The van der Waals surface area contributed by atoms with Crippen molar-refractivity contribution in [2.75, 3.05) is 24.6 Å². The lowest BCUT2D eigenvalue weighted by Crippen LogP contribution is -2.36. The molecule has 0 bridgehead atoms. The zero-order valence-corrected chi connectivity index (χ0v) is 11.6. The summed E-state index contributed by atoms with van der Waals surface area (Å²) in [6.07, 6.45) is 1.33. The second-order valence-corrected chi connectivity index (χ2v) is 4.99. The molecule has 0 aliphatic carbocycles. The molecule has 1 aliphatic rings. The van der Waals surface area contributed by atoms with Gasteiger partial charge in [0.15, 0.2) is 5.82 Å². The number of fused-ring (bicyclic) bond motifs is 1. The Balaban J connectivity index is 2.00. The first-order valence-electron chi connectivity index (χ1n) is 7.10. The number of ether oxygens (including phenoxy) is 1. The number of piperidine rings is 1. The molecule has 0 saturated carbocycles. The molecular weight excluding hydrogens is 254 g/mol. The SMILES string of the molecule is CCOc1nc2ccccc2nc1N1CCC(O)CC1. The summed E-state index contributed by atoms with van der Waals surface area (Å²) in [7, 11) is 0. The second-order valence-electron chi connectivity index (χ2n) is 4.99. The van der Waals surface area contributed by atoms with Crippen molar-refractivity contribution in [3.05, 3.63) is 24.3 Å². The molecule has 0 radical (unpaired) electrons. The van der Waals surface area contributed by atoms with Crippen molar-refractivity contribution in [2.24, 2.45) is 0 Å². The van der Waals surface area contributed by atoms with Gasteiger partial charge < -0.3 is 14.7 Å². The van der Waals surface area contributed by atoms with Crippen molar-refractivity contribution in [1.82, 2.24) is 9.97 Å². The van der Waals surface area contributed by atoms with Crippen LogP contribution in [0.4, 0.5) is 5.82 Å². The first-order valence-corrected chi connectivity index (χ1v) is 7.10. The average molecular weight is 273 g/mol. The van der Waals surface area contributed by atoms with Gasteiger partial charge in [0.25, 0.3) is 5.88 Å². The molecule has 1 aromatic heterocycles. The van der Waals surface area contributed by atoms with Gasteiger partial charge >= 0.3 is 0 Å². The van der Waals surface area contributed by atoms with E-state index in [-0.39, 0.29) is 6.10 Å². The van der Waals surface area contributed by atoms with E-state index in [0.717, 1.165) is 42.8 Å². The molecule has 1 aliphatic heterocycles. The van der Waals surface area contributed by atoms with E-state index in [1.165, 1.54) is 0 Å². The fourth-order valence-corrected chi connectivity index (χ4v) is 2.49. The zero-order valence-electron chi connectivity index (χ0n) is 11.6. The Morgan fingerprint density at radius 3 is 2.50 bits per heavy atom. The summed E-state index contributed by atoms with van der Waals surface area (Å²) in [5.74, 6) is 1.38. The van der Waals surface area contributed by atoms with Crippen LogP contribution in [-0.4, -0.2) is 40.9 Å². The minimum Gasteiger partial charge on any atom is -0.475 e. The van der Waals surface area contributed by atoms with Gasteiger partial charge in [-0.15, -0.1) is 0 Å². The van der Waals surface area contributed by atoms with Crippen molar-refractivity contribution in [3.63, 3.8) is 0 Å². The summed E-state index contributed by atoms with van der Waals surface area (Å²) < 4.78 is 5.65. The van der Waals surface area contributed by atoms with E-state index in [9.17, 15) is 5.11 Å². The number of benzene rings is 1. The smallest absolute Gasteiger partial charge is 0.258 e. The minimum absolute atomic E-state index is 0.199. The van der Waals surface area contributed by atoms with Crippen LogP contribution < -0.4 is 9.64 Å². The van der Waals surface area contributed by atoms with Crippen LogP contribution in [0.25, 0.3) is 11.0 Å². The molecule has 1 saturated heterocycles. The van der Waals surface area contributed by atoms with Crippen LogP contribution in [0.1, 0.15) is 19.8 Å². The standard InChI is InChI=1S/C15H19N3O2/c1-2-20-15-14(18-9-7-11(19)8-10-18)16-12-5-3-4-6-13(12)17-15/h3-6,11,19H,2,7-10H2,1H3. The largest absolute Gasteiger partial charge is 0.475 e. The van der Waals surface area contributed by atoms with Crippen molar-refractivity contribution in [3.8, 4) is 5.88 Å². The molecule has 1 N–H and O–H groups in total. The van der Waals surface area contributed by atoms with Crippen molar-refractivity contribution < 1.29 is 9.84 Å². The van der Waals surface area contributed by atoms with Gasteiger partial charge in [-0.2, -0.15) is 0 Å². The van der Waals surface area contributed by atoms with Crippen LogP contribution in [-0.2, 0) is 0 Å². The van der Waals surface area contributed by atoms with Gasteiger partial charge in [0, 0.05) is 13.1 Å².